The summed E-state index contributed by atoms with van der Waals surface area (Å²) in [5.41, 5.74) is 8.14. The molecule has 0 fully saturated rings. The first kappa shape index (κ1) is 20.5. The highest BCUT2D eigenvalue weighted by atomic mass is 16.5. The van der Waals surface area contributed by atoms with Gasteiger partial charge in [-0.05, 0) is 38.3 Å². The summed E-state index contributed by atoms with van der Waals surface area (Å²) in [7, 11) is 0. The number of nitrogens with two attached hydrogens (primary N) is 1. The largest absolute Gasteiger partial charge is 0.463 e. The van der Waals surface area contributed by atoms with Crippen LogP contribution in [0.25, 0.3) is 0 Å². The Labute approximate surface area is 160 Å². The second-order valence-electron chi connectivity index (χ2n) is 6.39. The number of rotatable bonds is 7. The molecule has 0 aliphatic carbocycles. The highest BCUT2D eigenvalue weighted by Crippen LogP contribution is 2.39. The second kappa shape index (κ2) is 9.24. The Morgan fingerprint density at radius 3 is 2.78 bits per heavy atom. The molecule has 0 saturated heterocycles. The molecule has 1 aliphatic heterocycles. The van der Waals surface area contributed by atoms with E-state index in [1.807, 2.05) is 31.2 Å². The molecule has 1 aliphatic rings. The van der Waals surface area contributed by atoms with Crippen molar-refractivity contribution >= 4 is 5.97 Å². The molecule has 2 N–H and O–H groups in total. The second-order valence-corrected chi connectivity index (χ2v) is 6.39. The van der Waals surface area contributed by atoms with Crippen LogP contribution in [0.2, 0.25) is 0 Å². The Morgan fingerprint density at radius 1 is 1.41 bits per heavy atom. The van der Waals surface area contributed by atoms with E-state index in [1.54, 1.807) is 13.8 Å². The highest BCUT2D eigenvalue weighted by Gasteiger charge is 2.36. The average molecular weight is 370 g/mol. The van der Waals surface area contributed by atoms with Gasteiger partial charge >= 0.3 is 5.97 Å². The molecule has 0 aromatic heterocycles. The van der Waals surface area contributed by atoms with Crippen molar-refractivity contribution in [3.05, 3.63) is 58.2 Å². The van der Waals surface area contributed by atoms with Crippen molar-refractivity contribution in [2.45, 2.75) is 52.7 Å². The summed E-state index contributed by atoms with van der Waals surface area (Å²) >= 11 is 0. The maximum atomic E-state index is 12.5. The van der Waals surface area contributed by atoms with Gasteiger partial charge in [-0.25, -0.2) is 4.79 Å². The minimum atomic E-state index is -0.633. The van der Waals surface area contributed by atoms with E-state index in [4.69, 9.17) is 19.9 Å². The maximum absolute atomic E-state index is 12.5. The van der Waals surface area contributed by atoms with Crippen molar-refractivity contribution < 1.29 is 19.0 Å². The van der Waals surface area contributed by atoms with Crippen molar-refractivity contribution in [3.63, 3.8) is 0 Å². The number of hydrogen-bond acceptors (Lipinski definition) is 6. The van der Waals surface area contributed by atoms with Crippen molar-refractivity contribution in [3.8, 4) is 6.07 Å². The number of ether oxygens (including phenoxy) is 3. The van der Waals surface area contributed by atoms with E-state index in [9.17, 15) is 10.1 Å². The lowest BCUT2D eigenvalue weighted by atomic mass is 9.82. The number of carbonyl (C=O) groups is 1. The van der Waals surface area contributed by atoms with Crippen LogP contribution in [0.15, 0.2) is 47.1 Å². The summed E-state index contributed by atoms with van der Waals surface area (Å²) in [4.78, 5) is 12.5. The highest BCUT2D eigenvalue weighted by molar-refractivity contribution is 5.92. The molecule has 2 unspecified atom stereocenters. The number of esters is 1. The van der Waals surface area contributed by atoms with Crippen LogP contribution in [0.3, 0.4) is 0 Å². The van der Waals surface area contributed by atoms with E-state index in [0.717, 1.165) is 17.5 Å². The summed E-state index contributed by atoms with van der Waals surface area (Å²) in [5, 5.41) is 9.62. The average Bonchev–Trinajstić information content (AvgIpc) is 2.65. The van der Waals surface area contributed by atoms with Crippen LogP contribution in [0.5, 0.6) is 0 Å². The minimum absolute atomic E-state index is 0.00862. The lowest BCUT2D eigenvalue weighted by Crippen LogP contribution is -2.25. The quantitative estimate of drug-likeness (QED) is 0.736. The molecule has 27 heavy (non-hydrogen) atoms. The van der Waals surface area contributed by atoms with Gasteiger partial charge < -0.3 is 19.9 Å². The van der Waals surface area contributed by atoms with Crippen LogP contribution >= 0.6 is 0 Å². The van der Waals surface area contributed by atoms with Crippen molar-refractivity contribution in [1.29, 1.82) is 5.26 Å². The number of hydrogen-bond donors (Lipinski definition) is 1. The predicted molar refractivity (Wildman–Crippen MR) is 101 cm³/mol. The first-order chi connectivity index (χ1) is 12.9. The molecule has 1 heterocycles. The third-order valence-electron chi connectivity index (χ3n) is 4.49. The Hall–Kier alpha value is -2.78. The van der Waals surface area contributed by atoms with E-state index in [1.165, 1.54) is 0 Å². The molecule has 0 amide bonds. The molecular formula is C21H26N2O4. The van der Waals surface area contributed by atoms with Gasteiger partial charge in [-0.3, -0.25) is 0 Å². The molecule has 1 aromatic carbocycles. The summed E-state index contributed by atoms with van der Waals surface area (Å²) in [6.45, 7) is 8.14. The Morgan fingerprint density at radius 2 is 2.15 bits per heavy atom. The summed E-state index contributed by atoms with van der Waals surface area (Å²) in [6.07, 6.45) is 1.08. The van der Waals surface area contributed by atoms with Gasteiger partial charge in [0.15, 0.2) is 0 Å². The number of allylic oxidation sites excluding steroid dienone is 2. The molecule has 6 heteroatoms. The van der Waals surface area contributed by atoms with Crippen molar-refractivity contribution in [1.82, 2.24) is 0 Å². The van der Waals surface area contributed by atoms with Crippen molar-refractivity contribution in [2.75, 3.05) is 6.61 Å². The SMILES string of the molecule is CCOC(=O)C1=C(C)OC(N)=C(C#N)C1c1cccc(COC(C)CC)c1. The molecular weight excluding hydrogens is 344 g/mol. The molecule has 6 nitrogen and oxygen atoms in total. The van der Waals surface area contributed by atoms with E-state index < -0.39 is 11.9 Å². The number of nitrogens with zero attached hydrogens (tertiary/aromatic N) is 1. The molecule has 2 rings (SSSR count). The first-order valence-electron chi connectivity index (χ1n) is 9.08. The van der Waals surface area contributed by atoms with Gasteiger partial charge in [0, 0.05) is 0 Å². The number of nitriles is 1. The zero-order valence-corrected chi connectivity index (χ0v) is 16.2. The lowest BCUT2D eigenvalue weighted by Gasteiger charge is -2.27. The molecule has 0 bridgehead atoms. The van der Waals surface area contributed by atoms with E-state index in [2.05, 4.69) is 13.0 Å². The normalized spacial score (nSPS) is 18.0. The van der Waals surface area contributed by atoms with Gasteiger partial charge in [-0.15, -0.1) is 0 Å². The third kappa shape index (κ3) is 4.69. The fraction of sp³-hybridized carbons (Fsp3) is 0.429. The summed E-state index contributed by atoms with van der Waals surface area (Å²) in [6, 6.07) is 9.70. The predicted octanol–water partition coefficient (Wildman–Crippen LogP) is 3.65. The Bertz CT molecular complexity index is 805. The minimum Gasteiger partial charge on any atom is -0.463 e. The van der Waals surface area contributed by atoms with E-state index in [-0.39, 0.29) is 24.2 Å². The fourth-order valence-electron chi connectivity index (χ4n) is 2.91. The first-order valence-corrected chi connectivity index (χ1v) is 9.08. The van der Waals surface area contributed by atoms with Crippen molar-refractivity contribution in [2.24, 2.45) is 5.73 Å². The molecule has 1 aromatic rings. The monoisotopic (exact) mass is 370 g/mol. The Kier molecular flexibility index (Phi) is 7.03. The van der Waals surface area contributed by atoms with Crippen LogP contribution in [-0.2, 0) is 25.6 Å². The molecule has 0 saturated carbocycles. The standard InChI is InChI=1S/C21H26N2O4/c1-5-13(3)26-12-15-8-7-9-16(10-15)19-17(11-22)20(23)27-14(4)18(19)21(24)25-6-2/h7-10,13,19H,5-6,12,23H2,1-4H3. The molecule has 2 atom stereocenters. The van der Waals surface area contributed by atoms with Crippen LogP contribution in [0.1, 0.15) is 51.2 Å². The van der Waals surface area contributed by atoms with Crippen LogP contribution in [0.4, 0.5) is 0 Å². The molecule has 144 valence electrons. The van der Waals surface area contributed by atoms with E-state index in [0.29, 0.717) is 17.9 Å². The third-order valence-corrected chi connectivity index (χ3v) is 4.49. The Balaban J connectivity index is 2.45. The van der Waals surface area contributed by atoms with Crippen LogP contribution in [0, 0.1) is 11.3 Å². The van der Waals surface area contributed by atoms with E-state index >= 15 is 0 Å². The van der Waals surface area contributed by atoms with Gasteiger partial charge in [0.25, 0.3) is 0 Å². The lowest BCUT2D eigenvalue weighted by molar-refractivity contribution is -0.139. The number of benzene rings is 1. The summed E-state index contributed by atoms with van der Waals surface area (Å²) < 4.78 is 16.4. The zero-order chi connectivity index (χ0) is 20.0. The van der Waals surface area contributed by atoms with Gasteiger partial charge in [0.1, 0.15) is 17.4 Å². The topological polar surface area (TPSA) is 94.6 Å². The van der Waals surface area contributed by atoms with Gasteiger partial charge in [-0.1, -0.05) is 31.2 Å². The van der Waals surface area contributed by atoms with Gasteiger partial charge in [-0.2, -0.15) is 5.26 Å². The van der Waals surface area contributed by atoms with Crippen LogP contribution < -0.4 is 5.73 Å². The molecule has 0 radical (unpaired) electrons. The molecule has 0 spiro atoms. The summed E-state index contributed by atoms with van der Waals surface area (Å²) in [5.74, 6) is -0.793. The van der Waals surface area contributed by atoms with Gasteiger partial charge in [0.05, 0.1) is 30.8 Å². The van der Waals surface area contributed by atoms with Gasteiger partial charge in [0.2, 0.25) is 5.88 Å². The fourth-order valence-corrected chi connectivity index (χ4v) is 2.91. The number of carbonyl (C=O) groups excluding carboxylic acids is 1. The smallest absolute Gasteiger partial charge is 0.338 e. The zero-order valence-electron chi connectivity index (χ0n) is 16.2. The maximum Gasteiger partial charge on any atom is 0.338 e. The van der Waals surface area contributed by atoms with Crippen LogP contribution in [-0.4, -0.2) is 18.7 Å².